The summed E-state index contributed by atoms with van der Waals surface area (Å²) in [5.41, 5.74) is 3.27. The number of nitrogens with zero attached hydrogens (tertiary/aromatic N) is 3. The lowest BCUT2D eigenvalue weighted by atomic mass is 10.1. The summed E-state index contributed by atoms with van der Waals surface area (Å²) in [6.45, 7) is 5.14. The number of fused-ring (bicyclic) bond motifs is 1. The second-order valence-corrected chi connectivity index (χ2v) is 8.29. The Morgan fingerprint density at radius 1 is 1.11 bits per heavy atom. The molecule has 10 heteroatoms. The molecule has 0 spiro atoms. The minimum Gasteiger partial charge on any atom is -0.496 e. The summed E-state index contributed by atoms with van der Waals surface area (Å²) in [5.74, 6) is 1.20. The number of carbonyl (C=O) groups excluding carboxylic acids is 2. The van der Waals surface area contributed by atoms with Crippen LogP contribution in [0.4, 0.5) is 11.5 Å². The lowest BCUT2D eigenvalue weighted by molar-refractivity contribution is -0.117. The summed E-state index contributed by atoms with van der Waals surface area (Å²) in [6.07, 6.45) is 1.70. The molecule has 0 atom stereocenters. The molecule has 0 aliphatic carbocycles. The smallest absolute Gasteiger partial charge is 0.341 e. The van der Waals surface area contributed by atoms with Crippen LogP contribution in [0.25, 0.3) is 11.3 Å². The van der Waals surface area contributed by atoms with Gasteiger partial charge in [-0.25, -0.2) is 14.8 Å². The monoisotopic (exact) mass is 510 g/mol. The predicted octanol–water partition coefficient (Wildman–Crippen LogP) is 4.38. The van der Waals surface area contributed by atoms with Gasteiger partial charge >= 0.3 is 5.97 Å². The van der Waals surface area contributed by atoms with E-state index >= 15 is 0 Å². The van der Waals surface area contributed by atoms with Crippen LogP contribution in [0.2, 0.25) is 5.02 Å². The third kappa shape index (κ3) is 5.21. The number of hydrogen-bond acceptors (Lipinski definition) is 8. The van der Waals surface area contributed by atoms with Gasteiger partial charge in [0, 0.05) is 30.3 Å². The summed E-state index contributed by atoms with van der Waals surface area (Å²) in [4.78, 5) is 35.2. The maximum atomic E-state index is 12.6. The summed E-state index contributed by atoms with van der Waals surface area (Å²) in [5, 5.41) is 3.75. The van der Waals surface area contributed by atoms with Crippen molar-refractivity contribution in [3.63, 3.8) is 0 Å². The quantitative estimate of drug-likeness (QED) is 0.401. The molecule has 1 amide bonds. The van der Waals surface area contributed by atoms with Crippen molar-refractivity contribution in [3.05, 3.63) is 58.9 Å². The number of amides is 1. The maximum Gasteiger partial charge on any atom is 0.341 e. The first kappa shape index (κ1) is 25.2. The van der Waals surface area contributed by atoms with E-state index in [1.807, 2.05) is 6.92 Å². The Balaban J connectivity index is 1.48. The van der Waals surface area contributed by atoms with Crippen LogP contribution in [-0.2, 0) is 16.0 Å². The number of rotatable bonds is 10. The van der Waals surface area contributed by atoms with E-state index in [1.165, 1.54) is 6.33 Å². The van der Waals surface area contributed by atoms with Gasteiger partial charge in [0.25, 0.3) is 0 Å². The summed E-state index contributed by atoms with van der Waals surface area (Å²) >= 11 is 6.40. The van der Waals surface area contributed by atoms with Crippen molar-refractivity contribution < 1.29 is 23.8 Å². The average molecular weight is 511 g/mol. The van der Waals surface area contributed by atoms with E-state index in [4.69, 9.17) is 25.8 Å². The third-order valence-electron chi connectivity index (χ3n) is 5.69. The SMILES string of the molecule is CCOC(=O)c1ccc(-c2cc(NCCN3C(=O)Cc4c(OC)ccc(Cl)c43)ncn2)cc1OCC. The molecule has 4 rings (SSSR count). The molecule has 36 heavy (non-hydrogen) atoms. The topological polar surface area (TPSA) is 103 Å². The molecule has 9 nitrogen and oxygen atoms in total. The fraction of sp³-hybridized carbons (Fsp3) is 0.308. The molecule has 0 saturated heterocycles. The van der Waals surface area contributed by atoms with Gasteiger partial charge in [-0.15, -0.1) is 0 Å². The zero-order valence-corrected chi connectivity index (χ0v) is 21.1. The van der Waals surface area contributed by atoms with E-state index in [2.05, 4.69) is 15.3 Å². The van der Waals surface area contributed by atoms with Gasteiger partial charge in [-0.1, -0.05) is 17.7 Å². The Labute approximate surface area is 214 Å². The number of ether oxygens (including phenoxy) is 3. The molecule has 0 bridgehead atoms. The van der Waals surface area contributed by atoms with E-state index in [-0.39, 0.29) is 18.9 Å². The van der Waals surface area contributed by atoms with E-state index in [1.54, 1.807) is 55.3 Å². The standard InChI is InChI=1S/C26H27ClN4O5/c1-4-35-22-12-16(6-7-17(22)26(33)36-5-2)20-14-23(30-15-29-20)28-10-11-31-24(32)13-18-21(34-3)9-8-19(27)25(18)31/h6-9,12,14-15H,4-5,10-11,13H2,1-3H3,(H,28,29,30). The lowest BCUT2D eigenvalue weighted by Crippen LogP contribution is -2.32. The number of hydrogen-bond donors (Lipinski definition) is 1. The zero-order chi connectivity index (χ0) is 25.7. The molecule has 188 valence electrons. The molecule has 3 aromatic rings. The first-order valence-corrected chi connectivity index (χ1v) is 12.0. The van der Waals surface area contributed by atoms with Crippen LogP contribution in [0.3, 0.4) is 0 Å². The number of carbonyl (C=O) groups is 2. The highest BCUT2D eigenvalue weighted by molar-refractivity contribution is 6.34. The fourth-order valence-corrected chi connectivity index (χ4v) is 4.37. The first-order valence-electron chi connectivity index (χ1n) is 11.6. The van der Waals surface area contributed by atoms with Crippen LogP contribution in [0.5, 0.6) is 11.5 Å². The van der Waals surface area contributed by atoms with E-state index in [0.717, 1.165) is 11.1 Å². The largest absolute Gasteiger partial charge is 0.496 e. The van der Waals surface area contributed by atoms with Crippen molar-refractivity contribution in [2.45, 2.75) is 20.3 Å². The molecule has 2 heterocycles. The minimum atomic E-state index is -0.437. The molecule has 1 aliphatic rings. The number of methoxy groups -OCH3 is 1. The molecule has 1 aliphatic heterocycles. The molecule has 0 unspecified atom stereocenters. The molecule has 1 aromatic heterocycles. The molecule has 0 fully saturated rings. The van der Waals surface area contributed by atoms with Crippen molar-refractivity contribution in [2.24, 2.45) is 0 Å². The molecular formula is C26H27ClN4O5. The number of esters is 1. The fourth-order valence-electron chi connectivity index (χ4n) is 4.09. The number of nitrogens with one attached hydrogen (secondary N) is 1. The highest BCUT2D eigenvalue weighted by Gasteiger charge is 2.31. The summed E-state index contributed by atoms with van der Waals surface area (Å²) in [6, 6.07) is 10.5. The third-order valence-corrected chi connectivity index (χ3v) is 6.00. The van der Waals surface area contributed by atoms with Crippen molar-refractivity contribution in [1.82, 2.24) is 9.97 Å². The zero-order valence-electron chi connectivity index (χ0n) is 20.3. The van der Waals surface area contributed by atoms with Crippen LogP contribution < -0.4 is 19.7 Å². The van der Waals surface area contributed by atoms with Crippen molar-refractivity contribution in [1.29, 1.82) is 0 Å². The van der Waals surface area contributed by atoms with Crippen molar-refractivity contribution in [3.8, 4) is 22.8 Å². The number of benzene rings is 2. The average Bonchev–Trinajstić information content (AvgIpc) is 3.21. The van der Waals surface area contributed by atoms with Gasteiger partial charge in [-0.2, -0.15) is 0 Å². The molecule has 0 saturated carbocycles. The Morgan fingerprint density at radius 3 is 2.69 bits per heavy atom. The Bertz CT molecular complexity index is 1280. The van der Waals surface area contributed by atoms with E-state index in [9.17, 15) is 9.59 Å². The molecular weight excluding hydrogens is 484 g/mol. The normalized spacial score (nSPS) is 12.3. The van der Waals surface area contributed by atoms with Gasteiger partial charge in [0.05, 0.1) is 43.1 Å². The maximum absolute atomic E-state index is 12.6. The van der Waals surface area contributed by atoms with Gasteiger partial charge in [-0.3, -0.25) is 4.79 Å². The van der Waals surface area contributed by atoms with Crippen LogP contribution in [0.15, 0.2) is 42.7 Å². The van der Waals surface area contributed by atoms with Crippen LogP contribution >= 0.6 is 11.6 Å². The number of aromatic nitrogens is 2. The highest BCUT2D eigenvalue weighted by Crippen LogP contribution is 2.41. The van der Waals surface area contributed by atoms with Crippen LogP contribution in [0.1, 0.15) is 29.8 Å². The second-order valence-electron chi connectivity index (χ2n) is 7.88. The van der Waals surface area contributed by atoms with E-state index in [0.29, 0.717) is 59.0 Å². The van der Waals surface area contributed by atoms with Crippen LogP contribution in [-0.4, -0.2) is 55.3 Å². The number of halogens is 1. The summed E-state index contributed by atoms with van der Waals surface area (Å²) in [7, 11) is 1.58. The highest BCUT2D eigenvalue weighted by atomic mass is 35.5. The molecule has 1 N–H and O–H groups in total. The van der Waals surface area contributed by atoms with Crippen molar-refractivity contribution >= 4 is 35.0 Å². The first-order chi connectivity index (χ1) is 17.5. The van der Waals surface area contributed by atoms with Gasteiger partial charge in [0.2, 0.25) is 5.91 Å². The Kier molecular flexibility index (Phi) is 7.90. The van der Waals surface area contributed by atoms with Gasteiger partial charge in [0.1, 0.15) is 29.2 Å². The van der Waals surface area contributed by atoms with Crippen LogP contribution in [0, 0.1) is 0 Å². The van der Waals surface area contributed by atoms with Gasteiger partial charge in [-0.05, 0) is 38.1 Å². The Hall–Kier alpha value is -3.85. The summed E-state index contributed by atoms with van der Waals surface area (Å²) < 4.78 is 16.2. The minimum absolute atomic E-state index is 0.0354. The van der Waals surface area contributed by atoms with Gasteiger partial charge in [0.15, 0.2) is 0 Å². The number of anilines is 2. The predicted molar refractivity (Wildman–Crippen MR) is 137 cm³/mol. The molecule has 0 radical (unpaired) electrons. The lowest BCUT2D eigenvalue weighted by Gasteiger charge is -2.19. The second kappa shape index (κ2) is 11.3. The Morgan fingerprint density at radius 2 is 1.94 bits per heavy atom. The molecule has 2 aromatic carbocycles. The van der Waals surface area contributed by atoms with E-state index < -0.39 is 5.97 Å². The van der Waals surface area contributed by atoms with Crippen molar-refractivity contribution in [2.75, 3.05) is 43.6 Å². The van der Waals surface area contributed by atoms with Gasteiger partial charge < -0.3 is 24.4 Å².